The summed E-state index contributed by atoms with van der Waals surface area (Å²) in [6, 6.07) is 6.62. The molecule has 0 unspecified atom stereocenters. The normalized spacial score (nSPS) is 10.8. The summed E-state index contributed by atoms with van der Waals surface area (Å²) in [5, 5.41) is 11.2. The Morgan fingerprint density at radius 3 is 2.89 bits per heavy atom. The highest BCUT2D eigenvalue weighted by atomic mass is 32.1. The molecule has 1 heterocycles. The van der Waals surface area contributed by atoms with Gasteiger partial charge in [-0.2, -0.15) is 0 Å². The van der Waals surface area contributed by atoms with Crippen molar-refractivity contribution in [3.63, 3.8) is 0 Å². The number of phenols is 1. The molecule has 6 heteroatoms. The monoisotopic (exact) mass is 276 g/mol. The lowest BCUT2D eigenvalue weighted by Crippen LogP contribution is -2.04. The summed E-state index contributed by atoms with van der Waals surface area (Å²) >= 11 is 1.27. The van der Waals surface area contributed by atoms with Crippen molar-refractivity contribution < 1.29 is 14.6 Å². The zero-order chi connectivity index (χ0) is 13.7. The minimum Gasteiger partial charge on any atom is -0.508 e. The minimum absolute atomic E-state index is 0.205. The van der Waals surface area contributed by atoms with Crippen LogP contribution >= 0.6 is 11.3 Å². The maximum Gasteiger partial charge on any atom is 0.357 e. The molecule has 19 heavy (non-hydrogen) atoms. The van der Waals surface area contributed by atoms with Crippen molar-refractivity contribution in [1.29, 1.82) is 0 Å². The summed E-state index contributed by atoms with van der Waals surface area (Å²) in [6.45, 7) is 2.07. The fourth-order valence-electron chi connectivity index (χ4n) is 1.31. The van der Waals surface area contributed by atoms with Crippen molar-refractivity contribution in [2.45, 2.75) is 6.92 Å². The van der Waals surface area contributed by atoms with E-state index in [1.165, 1.54) is 11.3 Å². The van der Waals surface area contributed by atoms with E-state index in [0.717, 1.165) is 5.56 Å². The molecule has 0 fully saturated rings. The molecule has 1 aromatic carbocycles. The fourth-order valence-corrected chi connectivity index (χ4v) is 1.94. The van der Waals surface area contributed by atoms with E-state index in [1.54, 1.807) is 42.8 Å². The van der Waals surface area contributed by atoms with Gasteiger partial charge in [0.1, 0.15) is 5.75 Å². The number of aromatic nitrogens is 1. The van der Waals surface area contributed by atoms with Gasteiger partial charge in [-0.25, -0.2) is 14.8 Å². The van der Waals surface area contributed by atoms with Crippen LogP contribution in [0.25, 0.3) is 0 Å². The second-order valence-corrected chi connectivity index (χ2v) is 4.42. The van der Waals surface area contributed by atoms with Crippen LogP contribution in [0.5, 0.6) is 5.75 Å². The summed E-state index contributed by atoms with van der Waals surface area (Å²) in [5.74, 6) is -0.235. The lowest BCUT2D eigenvalue weighted by Gasteiger charge is -1.95. The van der Waals surface area contributed by atoms with E-state index >= 15 is 0 Å². The summed E-state index contributed by atoms with van der Waals surface area (Å²) in [7, 11) is 0. The Bertz CT molecular complexity index is 590. The molecule has 0 saturated heterocycles. The average Bonchev–Trinajstić information content (AvgIpc) is 2.87. The molecule has 1 N–H and O–H groups in total. The smallest absolute Gasteiger partial charge is 0.357 e. The number of aromatic hydroxyl groups is 1. The predicted molar refractivity (Wildman–Crippen MR) is 73.4 cm³/mol. The summed E-state index contributed by atoms with van der Waals surface area (Å²) in [6.07, 6.45) is 1.62. The van der Waals surface area contributed by atoms with Crippen LogP contribution < -0.4 is 0 Å². The summed E-state index contributed by atoms with van der Waals surface area (Å²) in [5.41, 5.74) is 1.11. The number of esters is 1. The summed E-state index contributed by atoms with van der Waals surface area (Å²) < 4.78 is 4.84. The highest BCUT2D eigenvalue weighted by Crippen LogP contribution is 2.19. The van der Waals surface area contributed by atoms with Crippen LogP contribution in [0.2, 0.25) is 0 Å². The largest absolute Gasteiger partial charge is 0.508 e. The number of carbonyl (C=O) groups excluding carboxylic acids is 1. The van der Waals surface area contributed by atoms with Crippen LogP contribution in [0, 0.1) is 0 Å². The van der Waals surface area contributed by atoms with E-state index in [9.17, 15) is 4.79 Å². The van der Waals surface area contributed by atoms with Gasteiger partial charge in [-0.1, -0.05) is 0 Å². The lowest BCUT2D eigenvalue weighted by molar-refractivity contribution is 0.0520. The Balaban J connectivity index is 2.07. The van der Waals surface area contributed by atoms with Gasteiger partial charge in [-0.3, -0.25) is 0 Å². The number of thiazole rings is 1. The zero-order valence-electron chi connectivity index (χ0n) is 10.2. The van der Waals surface area contributed by atoms with E-state index in [4.69, 9.17) is 9.84 Å². The maximum atomic E-state index is 11.4. The van der Waals surface area contributed by atoms with E-state index in [2.05, 4.69) is 9.98 Å². The molecule has 0 aliphatic heterocycles. The number of aliphatic imine (C=N–C) groups is 1. The van der Waals surface area contributed by atoms with Gasteiger partial charge >= 0.3 is 5.97 Å². The Kier molecular flexibility index (Phi) is 4.25. The van der Waals surface area contributed by atoms with Gasteiger partial charge in [0.2, 0.25) is 5.13 Å². The van der Waals surface area contributed by atoms with Crippen molar-refractivity contribution in [3.05, 3.63) is 40.9 Å². The number of phenolic OH excluding ortho intramolecular Hbond substituents is 1. The molecule has 0 amide bonds. The van der Waals surface area contributed by atoms with Crippen LogP contribution in [0.4, 0.5) is 5.13 Å². The maximum absolute atomic E-state index is 11.4. The van der Waals surface area contributed by atoms with E-state index in [1.807, 2.05) is 0 Å². The van der Waals surface area contributed by atoms with Gasteiger partial charge in [-0.05, 0) is 36.8 Å². The van der Waals surface area contributed by atoms with Crippen LogP contribution in [0.3, 0.4) is 0 Å². The highest BCUT2D eigenvalue weighted by Gasteiger charge is 2.10. The quantitative estimate of drug-likeness (QED) is 0.688. The third kappa shape index (κ3) is 3.62. The lowest BCUT2D eigenvalue weighted by atomic mass is 10.2. The zero-order valence-corrected chi connectivity index (χ0v) is 11.1. The third-order valence-corrected chi connectivity index (χ3v) is 2.94. The van der Waals surface area contributed by atoms with Crippen molar-refractivity contribution in [2.75, 3.05) is 6.61 Å². The number of benzene rings is 1. The van der Waals surface area contributed by atoms with Crippen molar-refractivity contribution in [2.24, 2.45) is 4.99 Å². The van der Waals surface area contributed by atoms with Gasteiger partial charge in [0.05, 0.1) is 6.61 Å². The molecular formula is C13H12N2O3S. The Labute approximate surface area is 114 Å². The van der Waals surface area contributed by atoms with Crippen LogP contribution in [0.15, 0.2) is 34.6 Å². The van der Waals surface area contributed by atoms with Crippen molar-refractivity contribution in [1.82, 2.24) is 4.98 Å². The minimum atomic E-state index is -0.440. The molecular weight excluding hydrogens is 264 g/mol. The summed E-state index contributed by atoms with van der Waals surface area (Å²) in [4.78, 5) is 19.6. The third-order valence-electron chi connectivity index (χ3n) is 2.19. The van der Waals surface area contributed by atoms with Gasteiger partial charge < -0.3 is 9.84 Å². The van der Waals surface area contributed by atoms with Crippen molar-refractivity contribution in [3.8, 4) is 5.75 Å². The first-order valence-electron chi connectivity index (χ1n) is 5.65. The molecule has 0 bridgehead atoms. The number of hydrogen-bond donors (Lipinski definition) is 1. The molecule has 1 aromatic heterocycles. The molecule has 0 atom stereocenters. The highest BCUT2D eigenvalue weighted by molar-refractivity contribution is 7.13. The Morgan fingerprint density at radius 2 is 2.21 bits per heavy atom. The molecule has 98 valence electrons. The number of ether oxygens (including phenoxy) is 1. The van der Waals surface area contributed by atoms with E-state index in [-0.39, 0.29) is 11.4 Å². The Morgan fingerprint density at radius 1 is 1.47 bits per heavy atom. The molecule has 0 saturated carbocycles. The number of nitrogens with zero attached hydrogens (tertiary/aromatic N) is 2. The van der Waals surface area contributed by atoms with Gasteiger partial charge in [0, 0.05) is 11.6 Å². The molecule has 2 aromatic rings. The van der Waals surface area contributed by atoms with Crippen LogP contribution in [-0.2, 0) is 4.74 Å². The van der Waals surface area contributed by atoms with Gasteiger partial charge in [0.15, 0.2) is 5.69 Å². The topological polar surface area (TPSA) is 71.8 Å². The molecule has 5 nitrogen and oxygen atoms in total. The SMILES string of the molecule is CCOC(=O)c1csc(/N=C/c2ccc(O)cc2)n1. The second kappa shape index (κ2) is 6.10. The fraction of sp³-hybridized carbons (Fsp3) is 0.154. The van der Waals surface area contributed by atoms with Crippen molar-refractivity contribution >= 4 is 28.7 Å². The van der Waals surface area contributed by atoms with Crippen LogP contribution in [0.1, 0.15) is 23.0 Å². The van der Waals surface area contributed by atoms with Gasteiger partial charge in [-0.15, -0.1) is 11.3 Å². The first-order valence-corrected chi connectivity index (χ1v) is 6.52. The standard InChI is InChI=1S/C13H12N2O3S/c1-2-18-12(17)11-8-19-13(15-11)14-7-9-3-5-10(16)6-4-9/h3-8,16H,2H2,1H3/b14-7+. The first kappa shape index (κ1) is 13.2. The molecule has 0 aliphatic carbocycles. The molecule has 0 aliphatic rings. The number of rotatable bonds is 4. The van der Waals surface area contributed by atoms with Crippen LogP contribution in [-0.4, -0.2) is 28.9 Å². The van der Waals surface area contributed by atoms with E-state index < -0.39 is 5.97 Å². The predicted octanol–water partition coefficient (Wildman–Crippen LogP) is 2.78. The number of carbonyl (C=O) groups is 1. The Hall–Kier alpha value is -2.21. The van der Waals surface area contributed by atoms with E-state index in [0.29, 0.717) is 11.7 Å². The number of hydrogen-bond acceptors (Lipinski definition) is 6. The van der Waals surface area contributed by atoms with Gasteiger partial charge in [0.25, 0.3) is 0 Å². The molecule has 0 radical (unpaired) electrons. The average molecular weight is 276 g/mol. The first-order chi connectivity index (χ1) is 9.19. The molecule has 0 spiro atoms. The second-order valence-electron chi connectivity index (χ2n) is 3.59. The molecule has 2 rings (SSSR count).